The first-order chi connectivity index (χ1) is 13.7. The Balaban J connectivity index is 2.31. The van der Waals surface area contributed by atoms with E-state index in [1.807, 2.05) is 20.8 Å². The highest BCUT2D eigenvalue weighted by Crippen LogP contribution is 2.44. The molecule has 1 atom stereocenters. The van der Waals surface area contributed by atoms with Crippen LogP contribution in [0.3, 0.4) is 0 Å². The fraction of sp³-hybridized carbons (Fsp3) is 0.421. The second-order valence-electron chi connectivity index (χ2n) is 8.22. The van der Waals surface area contributed by atoms with Gasteiger partial charge in [0.15, 0.2) is 0 Å². The molecule has 0 radical (unpaired) electrons. The van der Waals surface area contributed by atoms with E-state index in [0.29, 0.717) is 12.1 Å². The molecule has 3 amide bonds. The van der Waals surface area contributed by atoms with Crippen molar-refractivity contribution < 1.29 is 27.2 Å². The molecule has 4 N–H and O–H groups in total. The number of benzene rings is 1. The number of alkyl halides is 3. The molecule has 162 valence electrons. The summed E-state index contributed by atoms with van der Waals surface area (Å²) in [6.07, 6.45) is -4.79. The van der Waals surface area contributed by atoms with Gasteiger partial charge in [0, 0.05) is 12.1 Å². The zero-order valence-electron chi connectivity index (χ0n) is 16.5. The Bertz CT molecular complexity index is 1020. The van der Waals surface area contributed by atoms with Crippen molar-refractivity contribution in [1.29, 1.82) is 0 Å². The first-order valence-corrected chi connectivity index (χ1v) is 9.06. The summed E-state index contributed by atoms with van der Waals surface area (Å²) in [5.41, 5.74) is 8.91. The number of rotatable bonds is 2. The highest BCUT2D eigenvalue weighted by atomic mass is 19.4. The van der Waals surface area contributed by atoms with Gasteiger partial charge in [-0.3, -0.25) is 9.48 Å². The van der Waals surface area contributed by atoms with Crippen LogP contribution in [0.4, 0.5) is 22.4 Å². The molecule has 11 heteroatoms. The average molecular weight is 427 g/mol. The monoisotopic (exact) mass is 427 g/mol. The molecule has 0 bridgehead atoms. The van der Waals surface area contributed by atoms with Crippen molar-refractivity contribution >= 4 is 11.9 Å². The third kappa shape index (κ3) is 3.71. The number of carbonyl (C=O) groups excluding carboxylic acids is 2. The number of nitrogens with zero attached hydrogens (tertiary/aromatic N) is 3. The lowest BCUT2D eigenvalue weighted by atomic mass is 9.81. The lowest BCUT2D eigenvalue weighted by molar-refractivity contribution is -0.137. The van der Waals surface area contributed by atoms with Gasteiger partial charge in [-0.2, -0.15) is 18.3 Å². The fourth-order valence-electron chi connectivity index (χ4n) is 3.85. The molecule has 0 spiro atoms. The number of amides is 3. The summed E-state index contributed by atoms with van der Waals surface area (Å²) in [5.74, 6) is -2.09. The van der Waals surface area contributed by atoms with Crippen molar-refractivity contribution in [2.24, 2.45) is 16.9 Å². The van der Waals surface area contributed by atoms with Gasteiger partial charge in [-0.05, 0) is 23.6 Å². The van der Waals surface area contributed by atoms with Crippen molar-refractivity contribution in [3.05, 3.63) is 40.8 Å². The van der Waals surface area contributed by atoms with E-state index in [-0.39, 0.29) is 35.6 Å². The molecule has 1 aliphatic heterocycles. The van der Waals surface area contributed by atoms with Crippen LogP contribution in [0.2, 0.25) is 0 Å². The van der Waals surface area contributed by atoms with E-state index in [2.05, 4.69) is 5.10 Å². The Kier molecular flexibility index (Phi) is 5.03. The van der Waals surface area contributed by atoms with E-state index < -0.39 is 41.0 Å². The van der Waals surface area contributed by atoms with Gasteiger partial charge in [-0.25, -0.2) is 9.18 Å². The molecule has 7 nitrogen and oxygen atoms in total. The average Bonchev–Trinajstić information content (AvgIpc) is 2.98. The van der Waals surface area contributed by atoms with Gasteiger partial charge >= 0.3 is 12.2 Å². The zero-order chi connectivity index (χ0) is 22.6. The fourth-order valence-corrected chi connectivity index (χ4v) is 3.85. The predicted octanol–water partition coefficient (Wildman–Crippen LogP) is 3.29. The topological polar surface area (TPSA) is 107 Å². The molecule has 1 aliphatic rings. The molecule has 1 aromatic carbocycles. The Morgan fingerprint density at radius 3 is 2.23 bits per heavy atom. The van der Waals surface area contributed by atoms with Crippen molar-refractivity contribution in [2.75, 3.05) is 6.54 Å². The maximum Gasteiger partial charge on any atom is 0.416 e. The lowest BCUT2D eigenvalue weighted by Crippen LogP contribution is -2.49. The standard InChI is InChI=1S/C19H21F4N5O2/c1-18(2,3)15-14-12(16(24)29)13(26-28(14)5-4-27(15)17(25)30)9-6-10(19(21,22)23)8-11(20)7-9/h6-8,15H,4-5H2,1-3H3,(H2,24,29)(H2,25,30). The van der Waals surface area contributed by atoms with Crippen molar-refractivity contribution in [2.45, 2.75) is 39.5 Å². The number of fused-ring (bicyclic) bond motifs is 1. The normalized spacial score (nSPS) is 17.0. The van der Waals surface area contributed by atoms with E-state index in [1.165, 1.54) is 9.58 Å². The van der Waals surface area contributed by atoms with Crippen LogP contribution in [-0.2, 0) is 12.7 Å². The van der Waals surface area contributed by atoms with E-state index in [0.717, 1.165) is 6.07 Å². The summed E-state index contributed by atoms with van der Waals surface area (Å²) in [5, 5.41) is 4.27. The summed E-state index contributed by atoms with van der Waals surface area (Å²) < 4.78 is 54.9. The predicted molar refractivity (Wildman–Crippen MR) is 99.6 cm³/mol. The van der Waals surface area contributed by atoms with E-state index in [9.17, 15) is 27.2 Å². The van der Waals surface area contributed by atoms with Gasteiger partial charge in [0.1, 0.15) is 11.5 Å². The maximum absolute atomic E-state index is 14.0. The molecule has 0 saturated carbocycles. The molecular formula is C19H21F4N5O2. The second-order valence-corrected chi connectivity index (χ2v) is 8.22. The molecule has 2 heterocycles. The second kappa shape index (κ2) is 6.99. The highest BCUT2D eigenvalue weighted by Gasteiger charge is 2.43. The Labute approximate surface area is 169 Å². The van der Waals surface area contributed by atoms with Crippen LogP contribution in [0, 0.1) is 11.2 Å². The van der Waals surface area contributed by atoms with Crippen molar-refractivity contribution in [1.82, 2.24) is 14.7 Å². The van der Waals surface area contributed by atoms with Gasteiger partial charge in [0.05, 0.1) is 29.4 Å². The zero-order valence-corrected chi connectivity index (χ0v) is 16.5. The van der Waals surface area contributed by atoms with E-state index in [1.54, 1.807) is 0 Å². The van der Waals surface area contributed by atoms with Gasteiger partial charge in [-0.15, -0.1) is 0 Å². The largest absolute Gasteiger partial charge is 0.416 e. The Morgan fingerprint density at radius 1 is 1.10 bits per heavy atom. The molecule has 3 rings (SSSR count). The molecule has 1 unspecified atom stereocenters. The SMILES string of the molecule is CC(C)(C)C1c2c(C(N)=O)c(-c3cc(F)cc(C(F)(F)F)c3)nn2CCN1C(N)=O. The summed E-state index contributed by atoms with van der Waals surface area (Å²) in [4.78, 5) is 25.7. The first kappa shape index (κ1) is 21.6. The molecule has 0 aliphatic carbocycles. The molecule has 0 saturated heterocycles. The molecule has 2 aromatic rings. The van der Waals surface area contributed by atoms with Gasteiger partial charge in [0.25, 0.3) is 5.91 Å². The third-order valence-electron chi connectivity index (χ3n) is 4.96. The van der Waals surface area contributed by atoms with Gasteiger partial charge in [-0.1, -0.05) is 20.8 Å². The van der Waals surface area contributed by atoms with Crippen LogP contribution >= 0.6 is 0 Å². The van der Waals surface area contributed by atoms with Crippen LogP contribution in [-0.4, -0.2) is 33.2 Å². The minimum atomic E-state index is -4.79. The first-order valence-electron chi connectivity index (χ1n) is 9.06. The van der Waals surface area contributed by atoms with Crippen LogP contribution in [0.1, 0.15) is 48.4 Å². The van der Waals surface area contributed by atoms with Crippen molar-refractivity contribution in [3.63, 3.8) is 0 Å². The molecule has 30 heavy (non-hydrogen) atoms. The van der Waals surface area contributed by atoms with Crippen LogP contribution < -0.4 is 11.5 Å². The minimum absolute atomic E-state index is 0.145. The van der Waals surface area contributed by atoms with Gasteiger partial charge < -0.3 is 16.4 Å². The highest BCUT2D eigenvalue weighted by molar-refractivity contribution is 6.00. The Morgan fingerprint density at radius 2 is 1.73 bits per heavy atom. The van der Waals surface area contributed by atoms with Crippen LogP contribution in [0.5, 0.6) is 0 Å². The number of nitrogens with two attached hydrogens (primary N) is 2. The van der Waals surface area contributed by atoms with E-state index >= 15 is 0 Å². The lowest BCUT2D eigenvalue weighted by Gasteiger charge is -2.42. The summed E-state index contributed by atoms with van der Waals surface area (Å²) in [7, 11) is 0. The molecule has 0 fully saturated rings. The van der Waals surface area contributed by atoms with Crippen molar-refractivity contribution in [3.8, 4) is 11.3 Å². The number of hydrogen-bond acceptors (Lipinski definition) is 3. The van der Waals surface area contributed by atoms with E-state index in [4.69, 9.17) is 11.5 Å². The number of primary amides is 2. The Hall–Kier alpha value is -3.11. The smallest absolute Gasteiger partial charge is 0.365 e. The minimum Gasteiger partial charge on any atom is -0.365 e. The number of carbonyl (C=O) groups is 2. The summed E-state index contributed by atoms with van der Waals surface area (Å²) >= 11 is 0. The number of halogens is 4. The van der Waals surface area contributed by atoms with Gasteiger partial charge in [0.2, 0.25) is 0 Å². The third-order valence-corrected chi connectivity index (χ3v) is 4.96. The van der Waals surface area contributed by atoms with Crippen LogP contribution in [0.25, 0.3) is 11.3 Å². The summed E-state index contributed by atoms with van der Waals surface area (Å²) in [6.45, 7) is 5.76. The molecule has 1 aromatic heterocycles. The number of hydrogen-bond donors (Lipinski definition) is 2. The number of urea groups is 1. The maximum atomic E-state index is 14.0. The quantitative estimate of drug-likeness (QED) is 0.718. The van der Waals surface area contributed by atoms with Crippen LogP contribution in [0.15, 0.2) is 18.2 Å². The molecular weight excluding hydrogens is 406 g/mol. The summed E-state index contributed by atoms with van der Waals surface area (Å²) in [6, 6.07) is 0.485. The number of aromatic nitrogens is 2.